The number of nitrogens with two attached hydrogens (primary N) is 1. The van der Waals surface area contributed by atoms with Crippen molar-refractivity contribution < 1.29 is 4.79 Å². The minimum absolute atomic E-state index is 0. The third-order valence-corrected chi connectivity index (χ3v) is 4.07. The average Bonchev–Trinajstić information content (AvgIpc) is 2.71. The molecule has 2 atom stereocenters. The van der Waals surface area contributed by atoms with Gasteiger partial charge in [-0.25, -0.2) is 0 Å². The van der Waals surface area contributed by atoms with Crippen LogP contribution in [-0.4, -0.2) is 23.4 Å². The Balaban J connectivity index is 0.00000220. The molecule has 1 saturated heterocycles. The van der Waals surface area contributed by atoms with Gasteiger partial charge in [-0.3, -0.25) is 4.79 Å². The van der Waals surface area contributed by atoms with Crippen LogP contribution in [0.15, 0.2) is 30.3 Å². The van der Waals surface area contributed by atoms with Crippen molar-refractivity contribution in [2.75, 3.05) is 6.54 Å². The molecule has 0 aromatic heterocycles. The number of hydrogen-bond acceptors (Lipinski definition) is 2. The molecule has 1 amide bonds. The fourth-order valence-electron chi connectivity index (χ4n) is 2.92. The SMILES string of the molecule is CC(N)CCC(=O)N1CCCCCC1c1ccccc1.Cl. The van der Waals surface area contributed by atoms with E-state index in [1.54, 1.807) is 0 Å². The third kappa shape index (κ3) is 5.33. The summed E-state index contributed by atoms with van der Waals surface area (Å²) in [6, 6.07) is 10.8. The second-order valence-corrected chi connectivity index (χ2v) is 5.88. The standard InChI is InChI=1S/C17H26N2O.ClH/c1-14(18)11-12-17(20)19-13-7-3-6-10-16(19)15-8-4-2-5-9-15;/h2,4-5,8-9,14,16H,3,6-7,10-13,18H2,1H3;1H. The number of amides is 1. The topological polar surface area (TPSA) is 46.3 Å². The zero-order valence-corrected chi connectivity index (χ0v) is 13.6. The van der Waals surface area contributed by atoms with Gasteiger partial charge in [0.2, 0.25) is 5.91 Å². The smallest absolute Gasteiger partial charge is 0.223 e. The first-order valence-corrected chi connectivity index (χ1v) is 7.78. The maximum Gasteiger partial charge on any atom is 0.223 e. The van der Waals surface area contributed by atoms with E-state index < -0.39 is 0 Å². The van der Waals surface area contributed by atoms with Crippen LogP contribution in [0.3, 0.4) is 0 Å². The quantitative estimate of drug-likeness (QED) is 0.922. The first kappa shape index (κ1) is 18.0. The molecule has 0 bridgehead atoms. The molecule has 118 valence electrons. The number of benzene rings is 1. The van der Waals surface area contributed by atoms with Crippen LogP contribution in [0.1, 0.15) is 57.1 Å². The number of nitrogens with zero attached hydrogens (tertiary/aromatic N) is 1. The van der Waals surface area contributed by atoms with Crippen molar-refractivity contribution in [3.63, 3.8) is 0 Å². The first-order chi connectivity index (χ1) is 9.68. The van der Waals surface area contributed by atoms with Gasteiger partial charge in [0.1, 0.15) is 0 Å². The predicted molar refractivity (Wildman–Crippen MR) is 89.5 cm³/mol. The lowest BCUT2D eigenvalue weighted by molar-refractivity contribution is -0.133. The van der Waals surface area contributed by atoms with E-state index in [4.69, 9.17) is 5.73 Å². The van der Waals surface area contributed by atoms with Crippen molar-refractivity contribution in [3.8, 4) is 0 Å². The Morgan fingerprint density at radius 2 is 2.00 bits per heavy atom. The van der Waals surface area contributed by atoms with Crippen molar-refractivity contribution in [2.45, 2.75) is 57.5 Å². The van der Waals surface area contributed by atoms with Gasteiger partial charge in [-0.1, -0.05) is 43.2 Å². The lowest BCUT2D eigenvalue weighted by atomic mass is 10.0. The van der Waals surface area contributed by atoms with Crippen molar-refractivity contribution >= 4 is 18.3 Å². The molecule has 1 heterocycles. The van der Waals surface area contributed by atoms with Crippen LogP contribution >= 0.6 is 12.4 Å². The lowest BCUT2D eigenvalue weighted by Crippen LogP contribution is -2.35. The number of likely N-dealkylation sites (tertiary alicyclic amines) is 1. The van der Waals surface area contributed by atoms with Crippen molar-refractivity contribution in [1.82, 2.24) is 4.90 Å². The molecule has 1 aliphatic heterocycles. The van der Waals surface area contributed by atoms with E-state index in [-0.39, 0.29) is 30.4 Å². The highest BCUT2D eigenvalue weighted by Gasteiger charge is 2.26. The second-order valence-electron chi connectivity index (χ2n) is 5.88. The van der Waals surface area contributed by atoms with Crippen LogP contribution in [0.25, 0.3) is 0 Å². The van der Waals surface area contributed by atoms with E-state index in [9.17, 15) is 4.79 Å². The molecule has 0 spiro atoms. The summed E-state index contributed by atoms with van der Waals surface area (Å²) in [5, 5.41) is 0. The Hall–Kier alpha value is -1.06. The summed E-state index contributed by atoms with van der Waals surface area (Å²) in [4.78, 5) is 14.6. The predicted octanol–water partition coefficient (Wildman–Crippen LogP) is 3.68. The minimum atomic E-state index is 0. The van der Waals surface area contributed by atoms with Crippen LogP contribution in [0.4, 0.5) is 0 Å². The van der Waals surface area contributed by atoms with E-state index in [2.05, 4.69) is 29.2 Å². The average molecular weight is 311 g/mol. The normalized spacial score (nSPS) is 20.3. The number of carbonyl (C=O) groups excluding carboxylic acids is 1. The zero-order chi connectivity index (χ0) is 14.4. The van der Waals surface area contributed by atoms with Crippen LogP contribution in [0.2, 0.25) is 0 Å². The molecule has 1 fully saturated rings. The molecule has 0 aliphatic carbocycles. The summed E-state index contributed by atoms with van der Waals surface area (Å²) in [5.74, 6) is 0.262. The molecule has 0 saturated carbocycles. The van der Waals surface area contributed by atoms with Crippen LogP contribution in [0, 0.1) is 0 Å². The molecule has 4 heteroatoms. The molecular weight excluding hydrogens is 284 g/mol. The number of rotatable bonds is 4. The highest BCUT2D eigenvalue weighted by Crippen LogP contribution is 2.30. The van der Waals surface area contributed by atoms with Gasteiger partial charge < -0.3 is 10.6 Å². The molecule has 21 heavy (non-hydrogen) atoms. The Bertz CT molecular complexity index is 422. The van der Waals surface area contributed by atoms with Crippen molar-refractivity contribution in [1.29, 1.82) is 0 Å². The van der Waals surface area contributed by atoms with E-state index >= 15 is 0 Å². The van der Waals surface area contributed by atoms with Crippen LogP contribution < -0.4 is 5.73 Å². The highest BCUT2D eigenvalue weighted by molar-refractivity contribution is 5.85. The molecular formula is C17H27ClN2O. The number of hydrogen-bond donors (Lipinski definition) is 1. The molecule has 1 aromatic carbocycles. The summed E-state index contributed by atoms with van der Waals surface area (Å²) in [6.07, 6.45) is 5.97. The zero-order valence-electron chi connectivity index (χ0n) is 12.8. The largest absolute Gasteiger partial charge is 0.336 e. The summed E-state index contributed by atoms with van der Waals surface area (Å²) >= 11 is 0. The summed E-state index contributed by atoms with van der Waals surface area (Å²) in [7, 11) is 0. The highest BCUT2D eigenvalue weighted by atomic mass is 35.5. The summed E-state index contributed by atoms with van der Waals surface area (Å²) < 4.78 is 0. The van der Waals surface area contributed by atoms with Gasteiger partial charge in [-0.2, -0.15) is 0 Å². The Kier molecular flexibility index (Phi) is 7.76. The molecule has 2 unspecified atom stereocenters. The first-order valence-electron chi connectivity index (χ1n) is 7.78. The monoisotopic (exact) mass is 310 g/mol. The third-order valence-electron chi connectivity index (χ3n) is 4.07. The van der Waals surface area contributed by atoms with Gasteiger partial charge in [0, 0.05) is 19.0 Å². The fourth-order valence-corrected chi connectivity index (χ4v) is 2.92. The van der Waals surface area contributed by atoms with Crippen molar-refractivity contribution in [2.24, 2.45) is 5.73 Å². The Morgan fingerprint density at radius 1 is 1.29 bits per heavy atom. The number of carbonyl (C=O) groups is 1. The lowest BCUT2D eigenvalue weighted by Gasteiger charge is -2.31. The summed E-state index contributed by atoms with van der Waals surface area (Å²) in [6.45, 7) is 2.85. The molecule has 1 aliphatic rings. The van der Waals surface area contributed by atoms with Gasteiger partial charge in [0.15, 0.2) is 0 Å². The van der Waals surface area contributed by atoms with Gasteiger partial charge in [0.05, 0.1) is 6.04 Å². The summed E-state index contributed by atoms with van der Waals surface area (Å²) in [5.41, 5.74) is 7.04. The molecule has 2 N–H and O–H groups in total. The van der Waals surface area contributed by atoms with E-state index in [0.717, 1.165) is 25.8 Å². The van der Waals surface area contributed by atoms with Crippen LogP contribution in [0.5, 0.6) is 0 Å². The number of halogens is 1. The minimum Gasteiger partial charge on any atom is -0.336 e. The van der Waals surface area contributed by atoms with Gasteiger partial charge >= 0.3 is 0 Å². The maximum atomic E-state index is 12.5. The van der Waals surface area contributed by atoms with Gasteiger partial charge in [-0.15, -0.1) is 12.4 Å². The molecule has 1 aromatic rings. The Labute approximate surface area is 134 Å². The maximum absolute atomic E-state index is 12.5. The molecule has 0 radical (unpaired) electrons. The second kappa shape index (κ2) is 9.06. The Morgan fingerprint density at radius 3 is 2.67 bits per heavy atom. The van der Waals surface area contributed by atoms with E-state index in [1.165, 1.54) is 18.4 Å². The van der Waals surface area contributed by atoms with Crippen LogP contribution in [-0.2, 0) is 4.79 Å². The van der Waals surface area contributed by atoms with E-state index in [1.807, 2.05) is 13.0 Å². The molecule has 2 rings (SSSR count). The fraction of sp³-hybridized carbons (Fsp3) is 0.588. The van der Waals surface area contributed by atoms with Crippen molar-refractivity contribution in [3.05, 3.63) is 35.9 Å². The molecule has 3 nitrogen and oxygen atoms in total. The van der Waals surface area contributed by atoms with Gasteiger partial charge in [0.25, 0.3) is 0 Å². The van der Waals surface area contributed by atoms with Gasteiger partial charge in [-0.05, 0) is 31.7 Å². The van der Waals surface area contributed by atoms with E-state index in [0.29, 0.717) is 6.42 Å².